The Morgan fingerprint density at radius 1 is 0.964 bits per heavy atom. The summed E-state index contributed by atoms with van der Waals surface area (Å²) in [6.07, 6.45) is 3.80. The zero-order valence-electron chi connectivity index (χ0n) is 16.9. The molecule has 3 rings (SSSR count). The van der Waals surface area contributed by atoms with Crippen molar-refractivity contribution in [3.05, 3.63) is 65.7 Å². The molecule has 0 aromatic heterocycles. The van der Waals surface area contributed by atoms with E-state index in [-0.39, 0.29) is 17.6 Å². The maximum atomic E-state index is 12.8. The normalized spacial score (nSPS) is 14.7. The van der Waals surface area contributed by atoms with Gasteiger partial charge in [-0.1, -0.05) is 43.7 Å². The number of Topliss-reactive ketones (excluding diaryl/α,β-unsaturated/α-hetero) is 1. The summed E-state index contributed by atoms with van der Waals surface area (Å²) in [5, 5.41) is 0. The Hall–Kier alpha value is -2.62. The minimum atomic E-state index is 0.0149. The van der Waals surface area contributed by atoms with Crippen molar-refractivity contribution in [2.75, 3.05) is 31.6 Å². The molecule has 28 heavy (non-hydrogen) atoms. The molecular formula is C24H30N2O2. The Labute approximate surface area is 168 Å². The van der Waals surface area contributed by atoms with Gasteiger partial charge in [-0.3, -0.25) is 9.59 Å². The lowest BCUT2D eigenvalue weighted by Crippen LogP contribution is -2.40. The molecule has 2 aromatic rings. The van der Waals surface area contributed by atoms with Crippen molar-refractivity contribution in [1.82, 2.24) is 4.90 Å². The Balaban J connectivity index is 1.55. The van der Waals surface area contributed by atoms with Gasteiger partial charge in [0.15, 0.2) is 5.78 Å². The maximum Gasteiger partial charge on any atom is 0.253 e. The predicted octanol–water partition coefficient (Wildman–Crippen LogP) is 4.66. The van der Waals surface area contributed by atoms with E-state index in [1.54, 1.807) is 0 Å². The Bertz CT molecular complexity index is 778. The molecule has 0 radical (unpaired) electrons. The van der Waals surface area contributed by atoms with Gasteiger partial charge < -0.3 is 9.80 Å². The molecule has 0 N–H and O–H groups in total. The van der Waals surface area contributed by atoms with Crippen molar-refractivity contribution in [3.63, 3.8) is 0 Å². The summed E-state index contributed by atoms with van der Waals surface area (Å²) in [5.41, 5.74) is 2.63. The number of benzene rings is 2. The van der Waals surface area contributed by atoms with Crippen LogP contribution in [0, 0.1) is 5.92 Å². The first-order valence-corrected chi connectivity index (χ1v) is 10.3. The average Bonchev–Trinajstić information content (AvgIpc) is 2.77. The van der Waals surface area contributed by atoms with Crippen molar-refractivity contribution in [1.29, 1.82) is 0 Å². The topological polar surface area (TPSA) is 40.6 Å². The smallest absolute Gasteiger partial charge is 0.253 e. The Morgan fingerprint density at radius 2 is 1.61 bits per heavy atom. The largest absolute Gasteiger partial charge is 0.375 e. The van der Waals surface area contributed by atoms with E-state index in [0.29, 0.717) is 13.1 Å². The van der Waals surface area contributed by atoms with Crippen molar-refractivity contribution in [3.8, 4) is 0 Å². The van der Waals surface area contributed by atoms with Crippen LogP contribution in [0.25, 0.3) is 0 Å². The molecule has 148 valence electrons. The van der Waals surface area contributed by atoms with E-state index in [1.807, 2.05) is 59.5 Å². The number of ketones is 1. The van der Waals surface area contributed by atoms with Crippen LogP contribution in [-0.4, -0.2) is 43.3 Å². The van der Waals surface area contributed by atoms with Crippen molar-refractivity contribution >= 4 is 17.4 Å². The summed E-state index contributed by atoms with van der Waals surface area (Å²) < 4.78 is 0. The number of rotatable bonds is 7. The van der Waals surface area contributed by atoms with Gasteiger partial charge in [-0.2, -0.15) is 0 Å². The van der Waals surface area contributed by atoms with E-state index >= 15 is 0 Å². The van der Waals surface area contributed by atoms with Gasteiger partial charge in [-0.05, 0) is 43.5 Å². The highest BCUT2D eigenvalue weighted by atomic mass is 16.2. The summed E-state index contributed by atoms with van der Waals surface area (Å²) in [5.74, 6) is 0.279. The van der Waals surface area contributed by atoms with E-state index in [4.69, 9.17) is 0 Å². The molecule has 4 nitrogen and oxygen atoms in total. The second-order valence-electron chi connectivity index (χ2n) is 7.62. The second kappa shape index (κ2) is 9.54. The lowest BCUT2D eigenvalue weighted by atomic mass is 9.88. The number of hydrogen-bond acceptors (Lipinski definition) is 3. The maximum absolute atomic E-state index is 12.8. The van der Waals surface area contributed by atoms with Crippen LogP contribution in [-0.2, 0) is 0 Å². The van der Waals surface area contributed by atoms with Gasteiger partial charge in [0.1, 0.15) is 0 Å². The SMILES string of the molecule is CCCCN(C)c1ccc(C(=O)N2CCC(C(=O)c3ccccc3)CC2)cc1. The first-order chi connectivity index (χ1) is 13.6. The number of carbonyl (C=O) groups excluding carboxylic acids is 2. The van der Waals surface area contributed by atoms with Crippen LogP contribution in [0.2, 0.25) is 0 Å². The van der Waals surface area contributed by atoms with Gasteiger partial charge in [0.25, 0.3) is 5.91 Å². The van der Waals surface area contributed by atoms with Crippen LogP contribution in [0.15, 0.2) is 54.6 Å². The van der Waals surface area contributed by atoms with Gasteiger partial charge in [0.05, 0.1) is 0 Å². The van der Waals surface area contributed by atoms with Crippen LogP contribution in [0.1, 0.15) is 53.3 Å². The third kappa shape index (κ3) is 4.80. The molecule has 1 heterocycles. The molecule has 1 aliphatic rings. The predicted molar refractivity (Wildman–Crippen MR) is 114 cm³/mol. The molecule has 1 aliphatic heterocycles. The average molecular weight is 379 g/mol. The number of amides is 1. The molecule has 0 spiro atoms. The molecule has 0 aliphatic carbocycles. The summed E-state index contributed by atoms with van der Waals surface area (Å²) in [7, 11) is 2.08. The van der Waals surface area contributed by atoms with E-state index in [9.17, 15) is 9.59 Å². The van der Waals surface area contributed by atoms with Crippen LogP contribution in [0.4, 0.5) is 5.69 Å². The number of carbonyl (C=O) groups is 2. The highest BCUT2D eigenvalue weighted by Gasteiger charge is 2.28. The van der Waals surface area contributed by atoms with Gasteiger partial charge in [0.2, 0.25) is 0 Å². The monoisotopic (exact) mass is 378 g/mol. The highest BCUT2D eigenvalue weighted by Crippen LogP contribution is 2.23. The number of hydrogen-bond donors (Lipinski definition) is 0. The second-order valence-corrected chi connectivity index (χ2v) is 7.62. The fraction of sp³-hybridized carbons (Fsp3) is 0.417. The highest BCUT2D eigenvalue weighted by molar-refractivity contribution is 5.98. The quantitative estimate of drug-likeness (QED) is 0.658. The lowest BCUT2D eigenvalue weighted by Gasteiger charge is -2.31. The number of nitrogens with zero attached hydrogens (tertiary/aromatic N) is 2. The standard InChI is InChI=1S/C24H30N2O2/c1-3-4-16-25(2)22-12-10-21(11-13-22)24(28)26-17-14-20(15-18-26)23(27)19-8-6-5-7-9-19/h5-13,20H,3-4,14-18H2,1-2H3. The van der Waals surface area contributed by atoms with E-state index < -0.39 is 0 Å². The molecule has 0 saturated carbocycles. The van der Waals surface area contributed by atoms with E-state index in [2.05, 4.69) is 18.9 Å². The third-order valence-corrected chi connectivity index (χ3v) is 5.61. The summed E-state index contributed by atoms with van der Waals surface area (Å²) in [6.45, 7) is 4.49. The number of likely N-dealkylation sites (tertiary alicyclic amines) is 1. The van der Waals surface area contributed by atoms with Gasteiger partial charge >= 0.3 is 0 Å². The molecule has 2 aromatic carbocycles. The molecular weight excluding hydrogens is 348 g/mol. The van der Waals surface area contributed by atoms with Crippen LogP contribution in [0.5, 0.6) is 0 Å². The number of piperidine rings is 1. The zero-order chi connectivity index (χ0) is 19.9. The first kappa shape index (κ1) is 20.1. The Morgan fingerprint density at radius 3 is 2.21 bits per heavy atom. The van der Waals surface area contributed by atoms with Crippen LogP contribution in [0.3, 0.4) is 0 Å². The molecule has 1 amide bonds. The zero-order valence-corrected chi connectivity index (χ0v) is 16.9. The fourth-order valence-corrected chi connectivity index (χ4v) is 3.75. The molecule has 4 heteroatoms. The molecule has 0 bridgehead atoms. The van der Waals surface area contributed by atoms with Crippen LogP contribution < -0.4 is 4.90 Å². The minimum Gasteiger partial charge on any atom is -0.375 e. The van der Waals surface area contributed by atoms with E-state index in [0.717, 1.165) is 42.6 Å². The van der Waals surface area contributed by atoms with Crippen molar-refractivity contribution < 1.29 is 9.59 Å². The fourth-order valence-electron chi connectivity index (χ4n) is 3.75. The molecule has 0 unspecified atom stereocenters. The van der Waals surface area contributed by atoms with Crippen LogP contribution >= 0.6 is 0 Å². The number of anilines is 1. The van der Waals surface area contributed by atoms with E-state index in [1.165, 1.54) is 6.42 Å². The minimum absolute atomic E-state index is 0.0149. The number of unbranched alkanes of at least 4 members (excludes halogenated alkanes) is 1. The summed E-state index contributed by atoms with van der Waals surface area (Å²) in [4.78, 5) is 29.5. The van der Waals surface area contributed by atoms with Crippen molar-refractivity contribution in [2.24, 2.45) is 5.92 Å². The lowest BCUT2D eigenvalue weighted by molar-refractivity contribution is 0.0650. The first-order valence-electron chi connectivity index (χ1n) is 10.3. The van der Waals surface area contributed by atoms with Gasteiger partial charge in [-0.25, -0.2) is 0 Å². The molecule has 0 atom stereocenters. The van der Waals surface area contributed by atoms with Gasteiger partial charge in [-0.15, -0.1) is 0 Å². The molecule has 1 saturated heterocycles. The van der Waals surface area contributed by atoms with Crippen molar-refractivity contribution in [2.45, 2.75) is 32.6 Å². The summed E-state index contributed by atoms with van der Waals surface area (Å²) >= 11 is 0. The summed E-state index contributed by atoms with van der Waals surface area (Å²) in [6, 6.07) is 17.3. The Kier molecular flexibility index (Phi) is 6.85. The third-order valence-electron chi connectivity index (χ3n) is 5.61. The molecule has 1 fully saturated rings. The van der Waals surface area contributed by atoms with Gasteiger partial charge in [0, 0.05) is 49.4 Å².